The highest BCUT2D eigenvalue weighted by Gasteiger charge is 2.20. The van der Waals surface area contributed by atoms with Gasteiger partial charge in [0, 0.05) is 16.8 Å². The number of aryl methyl sites for hydroxylation is 2. The predicted octanol–water partition coefficient (Wildman–Crippen LogP) is 2.83. The van der Waals surface area contributed by atoms with Gasteiger partial charge in [0.2, 0.25) is 0 Å². The first-order valence-corrected chi connectivity index (χ1v) is 6.02. The molecule has 0 bridgehead atoms. The Bertz CT molecular complexity index is 481. The summed E-state index contributed by atoms with van der Waals surface area (Å²) in [5.41, 5.74) is 2.65. The van der Waals surface area contributed by atoms with Gasteiger partial charge in [0.05, 0.1) is 5.69 Å². The maximum atomic E-state index is 4.52. The third kappa shape index (κ3) is 1.12. The molecule has 0 saturated heterocycles. The zero-order chi connectivity index (χ0) is 9.71. The van der Waals surface area contributed by atoms with Gasteiger partial charge in [0.15, 0.2) is 4.96 Å². The average molecular weight is 206 g/mol. The second kappa shape index (κ2) is 2.83. The largest absolute Gasteiger partial charge is 0.294 e. The first kappa shape index (κ1) is 8.48. The predicted molar refractivity (Wildman–Crippen MR) is 59.0 cm³/mol. The smallest absolute Gasteiger partial charge is 0.194 e. The number of nitrogens with zero attached hydrogens (tertiary/aromatic N) is 2. The minimum atomic E-state index is 0.854. The molecule has 3 rings (SSSR count). The lowest BCUT2D eigenvalue weighted by molar-refractivity contribution is 0.499. The van der Waals surface area contributed by atoms with Gasteiger partial charge in [-0.25, -0.2) is 4.98 Å². The van der Waals surface area contributed by atoms with Crippen LogP contribution in [-0.2, 0) is 12.8 Å². The number of hydrogen-bond acceptors (Lipinski definition) is 2. The van der Waals surface area contributed by atoms with Crippen LogP contribution < -0.4 is 0 Å². The van der Waals surface area contributed by atoms with Crippen molar-refractivity contribution in [3.05, 3.63) is 22.5 Å². The molecule has 0 aliphatic heterocycles. The summed E-state index contributed by atoms with van der Waals surface area (Å²) < 4.78 is 2.29. The van der Waals surface area contributed by atoms with Crippen LogP contribution in [0.2, 0.25) is 0 Å². The van der Waals surface area contributed by atoms with Crippen molar-refractivity contribution in [3.63, 3.8) is 0 Å². The molecule has 0 radical (unpaired) electrons. The molecule has 0 saturated carbocycles. The van der Waals surface area contributed by atoms with Gasteiger partial charge in [0.25, 0.3) is 0 Å². The monoisotopic (exact) mass is 206 g/mol. The van der Waals surface area contributed by atoms with Crippen LogP contribution in [0, 0.1) is 12.8 Å². The Morgan fingerprint density at radius 1 is 1.57 bits per heavy atom. The first-order valence-electron chi connectivity index (χ1n) is 5.20. The van der Waals surface area contributed by atoms with Crippen LogP contribution in [0.5, 0.6) is 0 Å². The fourth-order valence-electron chi connectivity index (χ4n) is 2.27. The summed E-state index contributed by atoms with van der Waals surface area (Å²) in [6, 6.07) is 0. The summed E-state index contributed by atoms with van der Waals surface area (Å²) in [5, 5.41) is 0. The molecule has 2 aromatic heterocycles. The van der Waals surface area contributed by atoms with Crippen LogP contribution in [-0.4, -0.2) is 9.38 Å². The number of rotatable bonds is 0. The standard InChI is InChI=1S/C11H14N2S/c1-7-3-4-9-10(5-7)14-11-12-8(2)6-13(9)11/h6-7H,3-5H2,1-2H3. The third-order valence-corrected chi connectivity index (χ3v) is 4.15. The Kier molecular flexibility index (Phi) is 1.71. The van der Waals surface area contributed by atoms with E-state index in [0.717, 1.165) is 11.6 Å². The molecule has 74 valence electrons. The topological polar surface area (TPSA) is 17.3 Å². The van der Waals surface area contributed by atoms with Gasteiger partial charge in [0.1, 0.15) is 0 Å². The fraction of sp³-hybridized carbons (Fsp3) is 0.545. The molecular formula is C11H14N2S. The molecular weight excluding hydrogens is 192 g/mol. The normalized spacial score (nSPS) is 21.4. The number of imidazole rings is 1. The lowest BCUT2D eigenvalue weighted by Gasteiger charge is -2.17. The highest BCUT2D eigenvalue weighted by molar-refractivity contribution is 7.17. The second-order valence-electron chi connectivity index (χ2n) is 4.35. The van der Waals surface area contributed by atoms with E-state index in [4.69, 9.17) is 0 Å². The van der Waals surface area contributed by atoms with Crippen molar-refractivity contribution < 1.29 is 0 Å². The molecule has 1 atom stereocenters. The summed E-state index contributed by atoms with van der Waals surface area (Å²) in [7, 11) is 0. The van der Waals surface area contributed by atoms with Crippen molar-refractivity contribution in [2.45, 2.75) is 33.1 Å². The van der Waals surface area contributed by atoms with Crippen LogP contribution >= 0.6 is 11.3 Å². The quantitative estimate of drug-likeness (QED) is 0.648. The summed E-state index contributed by atoms with van der Waals surface area (Å²) >= 11 is 1.88. The van der Waals surface area contributed by atoms with E-state index in [2.05, 4.69) is 29.4 Å². The molecule has 2 heterocycles. The van der Waals surface area contributed by atoms with Gasteiger partial charge in [-0.2, -0.15) is 0 Å². The van der Waals surface area contributed by atoms with E-state index in [1.807, 2.05) is 11.3 Å². The highest BCUT2D eigenvalue weighted by Crippen LogP contribution is 2.32. The van der Waals surface area contributed by atoms with Crippen LogP contribution in [0.15, 0.2) is 6.20 Å². The maximum Gasteiger partial charge on any atom is 0.194 e. The van der Waals surface area contributed by atoms with Gasteiger partial charge in [-0.15, -0.1) is 11.3 Å². The summed E-state index contributed by atoms with van der Waals surface area (Å²) in [4.78, 5) is 7.27. The van der Waals surface area contributed by atoms with Crippen LogP contribution in [0.4, 0.5) is 0 Å². The molecule has 3 heteroatoms. The van der Waals surface area contributed by atoms with Gasteiger partial charge in [-0.05, 0) is 32.1 Å². The van der Waals surface area contributed by atoms with Gasteiger partial charge >= 0.3 is 0 Å². The lowest BCUT2D eigenvalue weighted by Crippen LogP contribution is -2.10. The van der Waals surface area contributed by atoms with Crippen molar-refractivity contribution >= 4 is 16.3 Å². The van der Waals surface area contributed by atoms with Crippen molar-refractivity contribution in [2.24, 2.45) is 5.92 Å². The highest BCUT2D eigenvalue weighted by atomic mass is 32.1. The van der Waals surface area contributed by atoms with E-state index < -0.39 is 0 Å². The minimum Gasteiger partial charge on any atom is -0.294 e. The molecule has 14 heavy (non-hydrogen) atoms. The van der Waals surface area contributed by atoms with Crippen molar-refractivity contribution in [1.29, 1.82) is 0 Å². The molecule has 0 fully saturated rings. The van der Waals surface area contributed by atoms with E-state index >= 15 is 0 Å². The first-order chi connectivity index (χ1) is 6.74. The molecule has 0 aromatic carbocycles. The van der Waals surface area contributed by atoms with Crippen LogP contribution in [0.25, 0.3) is 4.96 Å². The van der Waals surface area contributed by atoms with Crippen molar-refractivity contribution in [2.75, 3.05) is 0 Å². The fourth-order valence-corrected chi connectivity index (χ4v) is 3.62. The molecule has 0 amide bonds. The summed E-state index contributed by atoms with van der Waals surface area (Å²) in [5.74, 6) is 0.854. The van der Waals surface area contributed by atoms with Crippen molar-refractivity contribution in [3.8, 4) is 0 Å². The molecule has 2 aromatic rings. The maximum absolute atomic E-state index is 4.52. The Morgan fingerprint density at radius 2 is 2.43 bits per heavy atom. The lowest BCUT2D eigenvalue weighted by atomic mass is 9.93. The van der Waals surface area contributed by atoms with E-state index in [0.29, 0.717) is 0 Å². The van der Waals surface area contributed by atoms with E-state index in [1.165, 1.54) is 29.9 Å². The molecule has 2 nitrogen and oxygen atoms in total. The summed E-state index contributed by atoms with van der Waals surface area (Å²) in [6.45, 7) is 4.41. The van der Waals surface area contributed by atoms with Gasteiger partial charge in [-0.1, -0.05) is 6.92 Å². The minimum absolute atomic E-state index is 0.854. The third-order valence-electron chi connectivity index (χ3n) is 3.03. The molecule has 1 unspecified atom stereocenters. The average Bonchev–Trinajstić information content (AvgIpc) is 2.59. The molecule has 0 N–H and O–H groups in total. The Hall–Kier alpha value is -0.830. The Morgan fingerprint density at radius 3 is 3.29 bits per heavy atom. The molecule has 0 spiro atoms. The number of aromatic nitrogens is 2. The number of fused-ring (bicyclic) bond motifs is 3. The van der Waals surface area contributed by atoms with E-state index in [9.17, 15) is 0 Å². The van der Waals surface area contributed by atoms with Crippen LogP contribution in [0.1, 0.15) is 29.6 Å². The molecule has 1 aliphatic rings. The van der Waals surface area contributed by atoms with Crippen LogP contribution in [0.3, 0.4) is 0 Å². The number of hydrogen-bond donors (Lipinski definition) is 0. The Labute approximate surface area is 87.6 Å². The zero-order valence-electron chi connectivity index (χ0n) is 8.58. The van der Waals surface area contributed by atoms with Crippen molar-refractivity contribution in [1.82, 2.24) is 9.38 Å². The van der Waals surface area contributed by atoms with Gasteiger partial charge in [-0.3, -0.25) is 4.40 Å². The van der Waals surface area contributed by atoms with E-state index in [1.54, 1.807) is 4.88 Å². The zero-order valence-corrected chi connectivity index (χ0v) is 9.40. The SMILES string of the molecule is Cc1cn2c3c(sc2n1)CC(C)CC3. The molecule has 1 aliphatic carbocycles. The second-order valence-corrected chi connectivity index (χ2v) is 5.42. The van der Waals surface area contributed by atoms with E-state index in [-0.39, 0.29) is 0 Å². The number of thiazole rings is 1. The van der Waals surface area contributed by atoms with Gasteiger partial charge < -0.3 is 0 Å². The Balaban J connectivity index is 2.21. The summed E-state index contributed by atoms with van der Waals surface area (Å²) in [6.07, 6.45) is 5.98.